The van der Waals surface area contributed by atoms with E-state index in [0.717, 1.165) is 5.75 Å². The molecule has 0 amide bonds. The molecule has 0 atom stereocenters. The van der Waals surface area contributed by atoms with Crippen molar-refractivity contribution in [3.8, 4) is 16.9 Å². The first-order chi connectivity index (χ1) is 9.29. The summed E-state index contributed by atoms with van der Waals surface area (Å²) in [6.07, 6.45) is 0. The van der Waals surface area contributed by atoms with Gasteiger partial charge in [0.2, 0.25) is 0 Å². The van der Waals surface area contributed by atoms with Crippen molar-refractivity contribution >= 4 is 10.8 Å². The lowest BCUT2D eigenvalue weighted by Gasteiger charge is -2.10. The molecule has 0 spiro atoms. The van der Waals surface area contributed by atoms with E-state index in [1.807, 2.05) is 12.1 Å². The lowest BCUT2D eigenvalue weighted by molar-refractivity contribution is 0.415. The third-order valence-electron chi connectivity index (χ3n) is 3.60. The van der Waals surface area contributed by atoms with E-state index in [2.05, 4.69) is 55.5 Å². The molecule has 0 unspecified atom stereocenters. The topological polar surface area (TPSA) is 9.23 Å². The molecule has 0 radical (unpaired) electrons. The summed E-state index contributed by atoms with van der Waals surface area (Å²) in [5, 5.41) is 2.60. The number of methoxy groups -OCH3 is 1. The van der Waals surface area contributed by atoms with Gasteiger partial charge in [-0.05, 0) is 46.5 Å². The van der Waals surface area contributed by atoms with Crippen LogP contribution in [0.3, 0.4) is 0 Å². The maximum atomic E-state index is 5.21. The molecule has 0 saturated carbocycles. The predicted octanol–water partition coefficient (Wildman–Crippen LogP) is 4.82. The van der Waals surface area contributed by atoms with Crippen LogP contribution < -0.4 is 4.74 Å². The van der Waals surface area contributed by atoms with Gasteiger partial charge in [0.15, 0.2) is 0 Å². The normalized spacial score (nSPS) is 10.6. The van der Waals surface area contributed by atoms with Crippen molar-refractivity contribution in [2.24, 2.45) is 0 Å². The van der Waals surface area contributed by atoms with Crippen LogP contribution in [0.4, 0.5) is 0 Å². The van der Waals surface area contributed by atoms with Crippen LogP contribution in [-0.2, 0) is 0 Å². The zero-order chi connectivity index (χ0) is 13.2. The third kappa shape index (κ3) is 2.08. The van der Waals surface area contributed by atoms with E-state index in [-0.39, 0.29) is 0 Å². The zero-order valence-electron chi connectivity index (χ0n) is 11.2. The molecule has 1 nitrogen and oxygen atoms in total. The Hall–Kier alpha value is -2.28. The minimum Gasteiger partial charge on any atom is -0.497 e. The minimum absolute atomic E-state index is 0.891. The van der Waals surface area contributed by atoms with Gasteiger partial charge in [0.05, 0.1) is 7.11 Å². The lowest BCUT2D eigenvalue weighted by Crippen LogP contribution is -1.87. The summed E-state index contributed by atoms with van der Waals surface area (Å²) in [5.74, 6) is 0.891. The first-order valence-corrected chi connectivity index (χ1v) is 6.42. The van der Waals surface area contributed by atoms with Crippen LogP contribution in [0.2, 0.25) is 0 Å². The first-order valence-electron chi connectivity index (χ1n) is 6.42. The number of hydrogen-bond donors (Lipinski definition) is 0. The quantitative estimate of drug-likeness (QED) is 0.631. The van der Waals surface area contributed by atoms with Gasteiger partial charge in [0.1, 0.15) is 5.75 Å². The molecule has 0 saturated heterocycles. The summed E-state index contributed by atoms with van der Waals surface area (Å²) in [7, 11) is 1.69. The maximum absolute atomic E-state index is 5.21. The van der Waals surface area contributed by atoms with Gasteiger partial charge < -0.3 is 4.74 Å². The zero-order valence-corrected chi connectivity index (χ0v) is 11.2. The number of rotatable bonds is 2. The average molecular weight is 248 g/mol. The molecule has 0 bridgehead atoms. The Kier molecular flexibility index (Phi) is 2.96. The van der Waals surface area contributed by atoms with E-state index < -0.39 is 0 Å². The molecule has 3 aromatic rings. The highest BCUT2D eigenvalue weighted by Gasteiger charge is 2.05. The molecule has 3 rings (SSSR count). The largest absolute Gasteiger partial charge is 0.497 e. The number of benzene rings is 3. The summed E-state index contributed by atoms with van der Waals surface area (Å²) in [6, 6.07) is 21.1. The van der Waals surface area contributed by atoms with Gasteiger partial charge in [-0.15, -0.1) is 0 Å². The molecule has 1 heteroatoms. The van der Waals surface area contributed by atoms with Crippen LogP contribution >= 0.6 is 0 Å². The summed E-state index contributed by atoms with van der Waals surface area (Å²) in [4.78, 5) is 0. The molecule has 0 aliphatic heterocycles. The maximum Gasteiger partial charge on any atom is 0.118 e. The fourth-order valence-corrected chi connectivity index (χ4v) is 2.51. The fraction of sp³-hybridized carbons (Fsp3) is 0.111. The van der Waals surface area contributed by atoms with Gasteiger partial charge in [-0.2, -0.15) is 0 Å². The molecular formula is C18H16O. The van der Waals surface area contributed by atoms with Crippen LogP contribution in [0.25, 0.3) is 21.9 Å². The highest BCUT2D eigenvalue weighted by molar-refractivity contribution is 5.91. The minimum atomic E-state index is 0.891. The summed E-state index contributed by atoms with van der Waals surface area (Å²) < 4.78 is 5.21. The summed E-state index contributed by atoms with van der Waals surface area (Å²) in [5.41, 5.74) is 3.83. The first kappa shape index (κ1) is 11.8. The van der Waals surface area contributed by atoms with E-state index in [9.17, 15) is 0 Å². The molecule has 0 aliphatic carbocycles. The van der Waals surface area contributed by atoms with E-state index in [1.54, 1.807) is 7.11 Å². The van der Waals surface area contributed by atoms with Crippen molar-refractivity contribution in [1.29, 1.82) is 0 Å². The number of aryl methyl sites for hydroxylation is 1. The van der Waals surface area contributed by atoms with Gasteiger partial charge >= 0.3 is 0 Å². The van der Waals surface area contributed by atoms with E-state index in [4.69, 9.17) is 4.74 Å². The Bertz CT molecular complexity index is 711. The van der Waals surface area contributed by atoms with Crippen molar-refractivity contribution in [2.45, 2.75) is 6.92 Å². The van der Waals surface area contributed by atoms with Crippen LogP contribution in [0, 0.1) is 6.92 Å². The lowest BCUT2D eigenvalue weighted by atomic mass is 9.95. The predicted molar refractivity (Wildman–Crippen MR) is 80.7 cm³/mol. The third-order valence-corrected chi connectivity index (χ3v) is 3.60. The SMILES string of the molecule is COc1ccc(-c2ccc3ccccc3c2C)cc1. The van der Waals surface area contributed by atoms with Crippen molar-refractivity contribution < 1.29 is 4.74 Å². The van der Waals surface area contributed by atoms with Gasteiger partial charge in [0.25, 0.3) is 0 Å². The van der Waals surface area contributed by atoms with Crippen molar-refractivity contribution in [2.75, 3.05) is 7.11 Å². The summed E-state index contributed by atoms with van der Waals surface area (Å²) in [6.45, 7) is 2.18. The van der Waals surface area contributed by atoms with Gasteiger partial charge in [-0.25, -0.2) is 0 Å². The van der Waals surface area contributed by atoms with Crippen molar-refractivity contribution in [1.82, 2.24) is 0 Å². The van der Waals surface area contributed by atoms with E-state index in [0.29, 0.717) is 0 Å². The monoisotopic (exact) mass is 248 g/mol. The van der Waals surface area contributed by atoms with E-state index >= 15 is 0 Å². The number of fused-ring (bicyclic) bond motifs is 1. The Labute approximate surface area is 113 Å². The molecule has 0 aliphatic rings. The highest BCUT2D eigenvalue weighted by Crippen LogP contribution is 2.30. The summed E-state index contributed by atoms with van der Waals surface area (Å²) >= 11 is 0. The number of ether oxygens (including phenoxy) is 1. The van der Waals surface area contributed by atoms with Crippen LogP contribution in [0.1, 0.15) is 5.56 Å². The van der Waals surface area contributed by atoms with Gasteiger partial charge in [-0.1, -0.05) is 48.5 Å². The van der Waals surface area contributed by atoms with Crippen LogP contribution in [0.5, 0.6) is 5.75 Å². The molecule has 94 valence electrons. The van der Waals surface area contributed by atoms with Crippen molar-refractivity contribution in [3.63, 3.8) is 0 Å². The highest BCUT2D eigenvalue weighted by atomic mass is 16.5. The molecule has 3 aromatic carbocycles. The fourth-order valence-electron chi connectivity index (χ4n) is 2.51. The van der Waals surface area contributed by atoms with Crippen molar-refractivity contribution in [3.05, 3.63) is 66.2 Å². The Morgan fingerprint density at radius 3 is 2.26 bits per heavy atom. The number of hydrogen-bond acceptors (Lipinski definition) is 1. The Morgan fingerprint density at radius 1 is 0.789 bits per heavy atom. The second-order valence-electron chi connectivity index (χ2n) is 4.69. The molecule has 19 heavy (non-hydrogen) atoms. The standard InChI is InChI=1S/C18H16O/c1-13-17-6-4-3-5-14(17)9-12-18(13)15-7-10-16(19-2)11-8-15/h3-12H,1-2H3. The second-order valence-corrected chi connectivity index (χ2v) is 4.69. The Balaban J connectivity index is 2.16. The van der Waals surface area contributed by atoms with Gasteiger partial charge in [-0.3, -0.25) is 0 Å². The molecule has 0 heterocycles. The molecule has 0 aromatic heterocycles. The second kappa shape index (κ2) is 4.77. The smallest absolute Gasteiger partial charge is 0.118 e. The Morgan fingerprint density at radius 2 is 1.53 bits per heavy atom. The molecule has 0 N–H and O–H groups in total. The average Bonchev–Trinajstić information content (AvgIpc) is 2.48. The molecular weight excluding hydrogens is 232 g/mol. The van der Waals surface area contributed by atoms with Crippen LogP contribution in [0.15, 0.2) is 60.7 Å². The van der Waals surface area contributed by atoms with Crippen LogP contribution in [-0.4, -0.2) is 7.11 Å². The molecule has 0 fully saturated rings. The van der Waals surface area contributed by atoms with E-state index in [1.165, 1.54) is 27.5 Å². The van der Waals surface area contributed by atoms with Gasteiger partial charge in [0, 0.05) is 0 Å².